The summed E-state index contributed by atoms with van der Waals surface area (Å²) in [6.45, 7) is 6.04. The minimum atomic E-state index is -0.629. The van der Waals surface area contributed by atoms with E-state index < -0.39 is 11.8 Å². The van der Waals surface area contributed by atoms with E-state index in [1.54, 1.807) is 12.1 Å². The Balaban J connectivity index is 1.33. The van der Waals surface area contributed by atoms with E-state index >= 15 is 0 Å². The number of carbonyl (C=O) groups excluding carboxylic acids is 2. The Morgan fingerprint density at radius 3 is 2.54 bits per heavy atom. The maximum Gasteiger partial charge on any atom is 0.313 e. The standard InChI is InChI=1S/C22H33N3O3/c1-17-6-4-14-25(16-17)15-5-13-23-21(26)22(27)24-18-9-11-20(12-10-18)28-19-7-2-3-8-19/h9-12,17,19H,2-8,13-16H2,1H3,(H,23,26)(H,24,27). The van der Waals surface area contributed by atoms with Crippen LogP contribution in [0.5, 0.6) is 5.75 Å². The maximum atomic E-state index is 12.1. The van der Waals surface area contributed by atoms with E-state index in [-0.39, 0.29) is 0 Å². The van der Waals surface area contributed by atoms with Crippen LogP contribution in [0, 0.1) is 5.92 Å². The summed E-state index contributed by atoms with van der Waals surface area (Å²) in [5.74, 6) is 0.347. The van der Waals surface area contributed by atoms with E-state index in [2.05, 4.69) is 22.5 Å². The van der Waals surface area contributed by atoms with E-state index in [4.69, 9.17) is 4.74 Å². The monoisotopic (exact) mass is 387 g/mol. The van der Waals surface area contributed by atoms with Gasteiger partial charge >= 0.3 is 11.8 Å². The lowest BCUT2D eigenvalue weighted by Gasteiger charge is -2.30. The zero-order valence-corrected chi connectivity index (χ0v) is 16.9. The first-order chi connectivity index (χ1) is 13.6. The van der Waals surface area contributed by atoms with Gasteiger partial charge in [-0.2, -0.15) is 0 Å². The molecular formula is C22H33N3O3. The largest absolute Gasteiger partial charge is 0.490 e. The lowest BCUT2D eigenvalue weighted by atomic mass is 10.0. The van der Waals surface area contributed by atoms with E-state index in [9.17, 15) is 9.59 Å². The van der Waals surface area contributed by atoms with E-state index in [0.29, 0.717) is 18.3 Å². The molecule has 3 rings (SSSR count). The van der Waals surface area contributed by atoms with Gasteiger partial charge in [0.05, 0.1) is 6.10 Å². The van der Waals surface area contributed by atoms with Crippen LogP contribution in [0.25, 0.3) is 0 Å². The second-order valence-electron chi connectivity index (χ2n) is 8.16. The molecule has 2 amide bonds. The smallest absolute Gasteiger partial charge is 0.313 e. The molecule has 2 fully saturated rings. The second kappa shape index (κ2) is 10.5. The molecule has 1 saturated heterocycles. The quantitative estimate of drug-likeness (QED) is 0.557. The van der Waals surface area contributed by atoms with Crippen LogP contribution >= 0.6 is 0 Å². The first kappa shape index (κ1) is 20.6. The van der Waals surface area contributed by atoms with Gasteiger partial charge in [-0.3, -0.25) is 9.59 Å². The van der Waals surface area contributed by atoms with Gasteiger partial charge in [-0.1, -0.05) is 6.92 Å². The van der Waals surface area contributed by atoms with Crippen LogP contribution < -0.4 is 15.4 Å². The van der Waals surface area contributed by atoms with Gasteiger partial charge in [0.15, 0.2) is 0 Å². The predicted molar refractivity (Wildman–Crippen MR) is 110 cm³/mol. The van der Waals surface area contributed by atoms with Crippen molar-refractivity contribution in [1.29, 1.82) is 0 Å². The van der Waals surface area contributed by atoms with Crippen LogP contribution in [0.1, 0.15) is 51.9 Å². The molecule has 1 aliphatic carbocycles. The molecule has 28 heavy (non-hydrogen) atoms. The van der Waals surface area contributed by atoms with Gasteiger partial charge < -0.3 is 20.3 Å². The fourth-order valence-electron chi connectivity index (χ4n) is 4.08. The molecule has 0 spiro atoms. The summed E-state index contributed by atoms with van der Waals surface area (Å²) in [6, 6.07) is 7.22. The summed E-state index contributed by atoms with van der Waals surface area (Å²) >= 11 is 0. The molecule has 1 aliphatic heterocycles. The molecule has 1 atom stereocenters. The lowest BCUT2D eigenvalue weighted by Crippen LogP contribution is -2.39. The number of benzene rings is 1. The van der Waals surface area contributed by atoms with Crippen LogP contribution in [-0.4, -0.2) is 49.0 Å². The molecule has 154 valence electrons. The summed E-state index contributed by atoms with van der Waals surface area (Å²) in [6.07, 6.45) is 8.39. The highest BCUT2D eigenvalue weighted by molar-refractivity contribution is 6.39. The van der Waals surface area contributed by atoms with Gasteiger partial charge in [0.1, 0.15) is 5.75 Å². The van der Waals surface area contributed by atoms with Gasteiger partial charge in [-0.25, -0.2) is 0 Å². The van der Waals surface area contributed by atoms with Crippen LogP contribution in [0.3, 0.4) is 0 Å². The molecule has 1 saturated carbocycles. The molecule has 0 aromatic heterocycles. The normalized spacial score (nSPS) is 20.7. The van der Waals surface area contributed by atoms with Crippen molar-refractivity contribution in [3.63, 3.8) is 0 Å². The van der Waals surface area contributed by atoms with Gasteiger partial charge in [0.2, 0.25) is 0 Å². The van der Waals surface area contributed by atoms with Crippen molar-refractivity contribution in [2.75, 3.05) is 31.5 Å². The zero-order valence-electron chi connectivity index (χ0n) is 16.9. The third-order valence-electron chi connectivity index (χ3n) is 5.60. The second-order valence-corrected chi connectivity index (χ2v) is 8.16. The number of hydrogen-bond acceptors (Lipinski definition) is 4. The third-order valence-corrected chi connectivity index (χ3v) is 5.60. The molecule has 1 heterocycles. The highest BCUT2D eigenvalue weighted by Crippen LogP contribution is 2.25. The minimum absolute atomic E-state index is 0.305. The topological polar surface area (TPSA) is 70.7 Å². The first-order valence-electron chi connectivity index (χ1n) is 10.7. The lowest BCUT2D eigenvalue weighted by molar-refractivity contribution is -0.136. The van der Waals surface area contributed by atoms with Crippen molar-refractivity contribution < 1.29 is 14.3 Å². The fraction of sp³-hybridized carbons (Fsp3) is 0.636. The van der Waals surface area contributed by atoms with Gasteiger partial charge in [-0.15, -0.1) is 0 Å². The Morgan fingerprint density at radius 2 is 1.82 bits per heavy atom. The van der Waals surface area contributed by atoms with Crippen molar-refractivity contribution in [1.82, 2.24) is 10.2 Å². The first-order valence-corrected chi connectivity index (χ1v) is 10.7. The van der Waals surface area contributed by atoms with Crippen molar-refractivity contribution >= 4 is 17.5 Å². The van der Waals surface area contributed by atoms with E-state index in [1.165, 1.54) is 25.7 Å². The van der Waals surface area contributed by atoms with Crippen molar-refractivity contribution in [2.45, 2.75) is 58.0 Å². The Morgan fingerprint density at radius 1 is 1.07 bits per heavy atom. The predicted octanol–water partition coefficient (Wildman–Crippen LogP) is 3.18. The molecular weight excluding hydrogens is 354 g/mol. The Bertz CT molecular complexity index is 641. The Hall–Kier alpha value is -2.08. The van der Waals surface area contributed by atoms with E-state index in [1.807, 2.05) is 12.1 Å². The molecule has 2 aliphatic rings. The van der Waals surface area contributed by atoms with Gasteiger partial charge in [0.25, 0.3) is 0 Å². The highest BCUT2D eigenvalue weighted by atomic mass is 16.5. The van der Waals surface area contributed by atoms with Crippen LogP contribution in [0.15, 0.2) is 24.3 Å². The molecule has 1 aromatic carbocycles. The van der Waals surface area contributed by atoms with Crippen molar-refractivity contribution in [3.05, 3.63) is 24.3 Å². The number of ether oxygens (including phenoxy) is 1. The van der Waals surface area contributed by atoms with Crippen molar-refractivity contribution in [3.8, 4) is 5.75 Å². The molecule has 6 nitrogen and oxygen atoms in total. The number of amides is 2. The molecule has 1 unspecified atom stereocenters. The third kappa shape index (κ3) is 6.51. The number of nitrogens with zero attached hydrogens (tertiary/aromatic N) is 1. The summed E-state index contributed by atoms with van der Waals surface area (Å²) in [4.78, 5) is 26.5. The number of hydrogen-bond donors (Lipinski definition) is 2. The maximum absolute atomic E-state index is 12.1. The summed E-state index contributed by atoms with van der Waals surface area (Å²) in [7, 11) is 0. The highest BCUT2D eigenvalue weighted by Gasteiger charge is 2.18. The minimum Gasteiger partial charge on any atom is -0.490 e. The fourth-order valence-corrected chi connectivity index (χ4v) is 4.08. The average Bonchev–Trinajstić information content (AvgIpc) is 3.20. The van der Waals surface area contributed by atoms with Gasteiger partial charge in [-0.05, 0) is 88.2 Å². The van der Waals surface area contributed by atoms with Crippen LogP contribution in [-0.2, 0) is 9.59 Å². The number of likely N-dealkylation sites (tertiary alicyclic amines) is 1. The van der Waals surface area contributed by atoms with Crippen LogP contribution in [0.2, 0.25) is 0 Å². The summed E-state index contributed by atoms with van der Waals surface area (Å²) in [5.41, 5.74) is 0.598. The molecule has 0 bridgehead atoms. The van der Waals surface area contributed by atoms with Crippen molar-refractivity contribution in [2.24, 2.45) is 5.92 Å². The molecule has 2 N–H and O–H groups in total. The van der Waals surface area contributed by atoms with Crippen LogP contribution in [0.4, 0.5) is 5.69 Å². The molecule has 0 radical (unpaired) electrons. The molecule has 6 heteroatoms. The number of rotatable bonds is 7. The SMILES string of the molecule is CC1CCCN(CCCNC(=O)C(=O)Nc2ccc(OC3CCCC3)cc2)C1. The summed E-state index contributed by atoms with van der Waals surface area (Å²) in [5, 5.41) is 5.35. The van der Waals surface area contributed by atoms with E-state index in [0.717, 1.165) is 50.6 Å². The number of anilines is 1. The Kier molecular flexibility index (Phi) is 7.71. The summed E-state index contributed by atoms with van der Waals surface area (Å²) < 4.78 is 5.91. The number of carbonyl (C=O) groups is 2. The number of piperidine rings is 1. The number of nitrogens with one attached hydrogen (secondary N) is 2. The Labute approximate surface area is 168 Å². The average molecular weight is 388 g/mol. The van der Waals surface area contributed by atoms with Gasteiger partial charge in [0, 0.05) is 18.8 Å². The zero-order chi connectivity index (χ0) is 19.8. The molecule has 1 aromatic rings.